The van der Waals surface area contributed by atoms with Crippen LogP contribution in [0, 0.1) is 11.3 Å². The van der Waals surface area contributed by atoms with E-state index in [-0.39, 0.29) is 5.78 Å². The van der Waals surface area contributed by atoms with Gasteiger partial charge in [0.2, 0.25) is 0 Å². The fraction of sp³-hybridized carbons (Fsp3) is 0.133. The highest BCUT2D eigenvalue weighted by Gasteiger charge is 2.24. The molecule has 2 rings (SSSR count). The average molecular weight is 252 g/mol. The third-order valence-corrected chi connectivity index (χ3v) is 2.78. The van der Waals surface area contributed by atoms with Crippen LogP contribution in [-0.2, 0) is 0 Å². The Morgan fingerprint density at radius 3 is 2.74 bits per heavy atom. The number of ether oxygens (including phenoxy) is 1. The van der Waals surface area contributed by atoms with E-state index in [9.17, 15) is 10.1 Å². The Morgan fingerprint density at radius 1 is 1.32 bits per heavy atom. The number of nitriles is 1. The number of pyridine rings is 1. The van der Waals surface area contributed by atoms with Gasteiger partial charge in [-0.3, -0.25) is 9.78 Å². The number of nitrogens with zero attached hydrogens (tertiary/aromatic N) is 2. The lowest BCUT2D eigenvalue weighted by Crippen LogP contribution is -2.12. The molecular formula is C15H12N2O2. The third kappa shape index (κ3) is 2.61. The van der Waals surface area contributed by atoms with E-state index in [1.165, 1.54) is 13.3 Å². The number of rotatable bonds is 4. The molecular weight excluding hydrogens is 240 g/mol. The summed E-state index contributed by atoms with van der Waals surface area (Å²) < 4.78 is 5.15. The number of carbonyl (C=O) groups excluding carboxylic acids is 1. The number of ketones is 1. The van der Waals surface area contributed by atoms with Crippen LogP contribution in [0.4, 0.5) is 0 Å². The highest BCUT2D eigenvalue weighted by molar-refractivity contribution is 6.04. The number of Topliss-reactive ketones (excluding diaryl/α,β-unsaturated/α-hetero) is 1. The summed E-state index contributed by atoms with van der Waals surface area (Å²) in [4.78, 5) is 16.4. The molecule has 0 aliphatic rings. The number of hydrogen-bond acceptors (Lipinski definition) is 4. The van der Waals surface area contributed by atoms with E-state index < -0.39 is 5.92 Å². The van der Waals surface area contributed by atoms with Crippen LogP contribution in [0.3, 0.4) is 0 Å². The van der Waals surface area contributed by atoms with Crippen LogP contribution in [0.1, 0.15) is 21.8 Å². The molecule has 94 valence electrons. The largest absolute Gasteiger partial charge is 0.496 e. The van der Waals surface area contributed by atoms with E-state index >= 15 is 0 Å². The van der Waals surface area contributed by atoms with Gasteiger partial charge in [-0.2, -0.15) is 5.26 Å². The van der Waals surface area contributed by atoms with Crippen LogP contribution in [0.25, 0.3) is 0 Å². The molecule has 4 heteroatoms. The lowest BCUT2D eigenvalue weighted by Gasteiger charge is -2.11. The van der Waals surface area contributed by atoms with Gasteiger partial charge in [0.25, 0.3) is 0 Å². The molecule has 1 aromatic heterocycles. The maximum absolute atomic E-state index is 12.4. The van der Waals surface area contributed by atoms with Crippen molar-refractivity contribution in [1.82, 2.24) is 4.98 Å². The molecule has 0 saturated carbocycles. The third-order valence-electron chi connectivity index (χ3n) is 2.78. The standard InChI is InChI=1S/C15H12N2O2/c1-19-14-7-3-2-6-12(14)15(18)13(9-16)11-5-4-8-17-10-11/h2-8,10,13H,1H3. The first-order chi connectivity index (χ1) is 9.27. The van der Waals surface area contributed by atoms with Crippen LogP contribution in [0.2, 0.25) is 0 Å². The fourth-order valence-corrected chi connectivity index (χ4v) is 1.83. The topological polar surface area (TPSA) is 63.0 Å². The van der Waals surface area contributed by atoms with Gasteiger partial charge in [-0.15, -0.1) is 0 Å². The van der Waals surface area contributed by atoms with Gasteiger partial charge in [0, 0.05) is 12.4 Å². The molecule has 4 nitrogen and oxygen atoms in total. The lowest BCUT2D eigenvalue weighted by atomic mass is 9.92. The summed E-state index contributed by atoms with van der Waals surface area (Å²) in [5, 5.41) is 9.24. The molecule has 1 unspecified atom stereocenters. The molecule has 19 heavy (non-hydrogen) atoms. The molecule has 0 aliphatic carbocycles. The molecule has 0 spiro atoms. The number of methoxy groups -OCH3 is 1. The second-order valence-electron chi connectivity index (χ2n) is 3.91. The Hall–Kier alpha value is -2.67. The van der Waals surface area contributed by atoms with Gasteiger partial charge in [-0.1, -0.05) is 18.2 Å². The zero-order valence-electron chi connectivity index (χ0n) is 10.4. The van der Waals surface area contributed by atoms with Crippen molar-refractivity contribution in [2.24, 2.45) is 0 Å². The van der Waals surface area contributed by atoms with Crippen molar-refractivity contribution in [2.75, 3.05) is 7.11 Å². The van der Waals surface area contributed by atoms with Gasteiger partial charge in [0.05, 0.1) is 18.7 Å². The Bertz CT molecular complexity index is 618. The van der Waals surface area contributed by atoms with E-state index in [1.54, 1.807) is 42.6 Å². The number of benzene rings is 1. The molecule has 1 atom stereocenters. The quantitative estimate of drug-likeness (QED) is 0.784. The van der Waals surface area contributed by atoms with Crippen LogP contribution in [0.15, 0.2) is 48.8 Å². The van der Waals surface area contributed by atoms with Gasteiger partial charge in [0.1, 0.15) is 11.7 Å². The van der Waals surface area contributed by atoms with Crippen LogP contribution >= 0.6 is 0 Å². The van der Waals surface area contributed by atoms with Crippen molar-refractivity contribution >= 4 is 5.78 Å². The molecule has 1 aromatic carbocycles. The summed E-state index contributed by atoms with van der Waals surface area (Å²) in [6, 6.07) is 12.3. The monoisotopic (exact) mass is 252 g/mol. The van der Waals surface area contributed by atoms with Crippen molar-refractivity contribution in [1.29, 1.82) is 5.26 Å². The zero-order valence-corrected chi connectivity index (χ0v) is 10.4. The number of para-hydroxylation sites is 1. The Labute approximate surface area is 111 Å². The molecule has 0 aliphatic heterocycles. The minimum absolute atomic E-state index is 0.284. The minimum atomic E-state index is -0.870. The zero-order chi connectivity index (χ0) is 13.7. The van der Waals surface area contributed by atoms with E-state index in [4.69, 9.17) is 4.74 Å². The molecule has 0 fully saturated rings. The first-order valence-electron chi connectivity index (χ1n) is 5.74. The minimum Gasteiger partial charge on any atom is -0.496 e. The maximum atomic E-state index is 12.4. The predicted molar refractivity (Wildman–Crippen MR) is 69.9 cm³/mol. The number of hydrogen-bond donors (Lipinski definition) is 0. The Morgan fingerprint density at radius 2 is 2.11 bits per heavy atom. The fourth-order valence-electron chi connectivity index (χ4n) is 1.83. The van der Waals surface area contributed by atoms with E-state index in [0.29, 0.717) is 16.9 Å². The van der Waals surface area contributed by atoms with Crippen molar-refractivity contribution < 1.29 is 9.53 Å². The smallest absolute Gasteiger partial charge is 0.188 e. The average Bonchev–Trinajstić information content (AvgIpc) is 2.49. The maximum Gasteiger partial charge on any atom is 0.188 e. The van der Waals surface area contributed by atoms with Crippen molar-refractivity contribution in [3.63, 3.8) is 0 Å². The molecule has 0 saturated heterocycles. The summed E-state index contributed by atoms with van der Waals surface area (Å²) >= 11 is 0. The molecule has 2 aromatic rings. The van der Waals surface area contributed by atoms with Gasteiger partial charge in [-0.05, 0) is 23.8 Å². The van der Waals surface area contributed by atoms with Crippen molar-refractivity contribution in [3.05, 3.63) is 59.9 Å². The normalized spacial score (nSPS) is 11.4. The van der Waals surface area contributed by atoms with Crippen molar-refractivity contribution in [2.45, 2.75) is 5.92 Å². The lowest BCUT2D eigenvalue weighted by molar-refractivity contribution is 0.0976. The van der Waals surface area contributed by atoms with Gasteiger partial charge in [0.15, 0.2) is 5.78 Å². The van der Waals surface area contributed by atoms with Gasteiger partial charge in [-0.25, -0.2) is 0 Å². The van der Waals surface area contributed by atoms with Crippen LogP contribution in [-0.4, -0.2) is 17.9 Å². The number of aromatic nitrogens is 1. The van der Waals surface area contributed by atoms with Crippen LogP contribution < -0.4 is 4.74 Å². The van der Waals surface area contributed by atoms with Gasteiger partial charge >= 0.3 is 0 Å². The summed E-state index contributed by atoms with van der Waals surface area (Å²) in [5.41, 5.74) is 0.987. The van der Waals surface area contributed by atoms with Gasteiger partial charge < -0.3 is 4.74 Å². The first-order valence-corrected chi connectivity index (χ1v) is 5.74. The predicted octanol–water partition coefficient (Wildman–Crippen LogP) is 2.58. The summed E-state index contributed by atoms with van der Waals surface area (Å²) in [6.45, 7) is 0. The second kappa shape index (κ2) is 5.78. The summed E-state index contributed by atoms with van der Waals surface area (Å²) in [5.74, 6) is -0.686. The van der Waals surface area contributed by atoms with Crippen molar-refractivity contribution in [3.8, 4) is 11.8 Å². The number of carbonyl (C=O) groups is 1. The molecule has 0 N–H and O–H groups in total. The highest BCUT2D eigenvalue weighted by Crippen LogP contribution is 2.25. The summed E-state index contributed by atoms with van der Waals surface area (Å²) in [7, 11) is 1.50. The molecule has 0 bridgehead atoms. The molecule has 1 heterocycles. The molecule has 0 amide bonds. The van der Waals surface area contributed by atoms with E-state index in [2.05, 4.69) is 4.98 Å². The van der Waals surface area contributed by atoms with E-state index in [0.717, 1.165) is 0 Å². The second-order valence-corrected chi connectivity index (χ2v) is 3.91. The summed E-state index contributed by atoms with van der Waals surface area (Å²) in [6.07, 6.45) is 3.13. The SMILES string of the molecule is COc1ccccc1C(=O)C(C#N)c1cccnc1. The van der Waals surface area contributed by atoms with Crippen LogP contribution in [0.5, 0.6) is 5.75 Å². The Balaban J connectivity index is 2.40. The highest BCUT2D eigenvalue weighted by atomic mass is 16.5. The van der Waals surface area contributed by atoms with E-state index in [1.807, 2.05) is 6.07 Å². The molecule has 0 radical (unpaired) electrons. The first kappa shape index (κ1) is 12.8. The Kier molecular flexibility index (Phi) is 3.89.